The number of ketones is 1. The molecule has 0 aliphatic rings. The SMILES string of the molecule is Cn1c(SCC(=O)c2ccc(F)cc2)nnc1-c1sc2cc(Cl)ccc2c1Cl. The number of Topliss-reactive ketones (excluding diaryl/α,β-unsaturated/α-hetero) is 1. The Morgan fingerprint density at radius 3 is 2.68 bits per heavy atom. The molecule has 0 radical (unpaired) electrons. The van der Waals surface area contributed by atoms with Crippen molar-refractivity contribution in [3.05, 3.63) is 63.9 Å². The van der Waals surface area contributed by atoms with E-state index < -0.39 is 0 Å². The van der Waals surface area contributed by atoms with Gasteiger partial charge in [-0.25, -0.2) is 4.39 Å². The number of benzene rings is 2. The third-order valence-corrected chi connectivity index (χ3v) is 7.04. The molecule has 2 heterocycles. The largest absolute Gasteiger partial charge is 0.304 e. The van der Waals surface area contributed by atoms with Gasteiger partial charge in [0.1, 0.15) is 5.82 Å². The zero-order valence-corrected chi connectivity index (χ0v) is 17.6. The summed E-state index contributed by atoms with van der Waals surface area (Å²) in [6.07, 6.45) is 0. The molecular formula is C19H12Cl2FN3OS2. The van der Waals surface area contributed by atoms with Crippen molar-refractivity contribution in [2.45, 2.75) is 5.16 Å². The summed E-state index contributed by atoms with van der Waals surface area (Å²) < 4.78 is 15.8. The number of hydrogen-bond acceptors (Lipinski definition) is 5. The fraction of sp³-hybridized carbons (Fsp3) is 0.105. The summed E-state index contributed by atoms with van der Waals surface area (Å²) >= 11 is 15.4. The first kappa shape index (κ1) is 19.4. The summed E-state index contributed by atoms with van der Waals surface area (Å²) in [6, 6.07) is 11.0. The molecule has 0 saturated heterocycles. The van der Waals surface area contributed by atoms with Crippen LogP contribution >= 0.6 is 46.3 Å². The van der Waals surface area contributed by atoms with Crippen molar-refractivity contribution in [1.82, 2.24) is 14.8 Å². The van der Waals surface area contributed by atoms with Crippen LogP contribution in [0.25, 0.3) is 20.8 Å². The molecule has 0 fully saturated rings. The lowest BCUT2D eigenvalue weighted by Crippen LogP contribution is -2.04. The van der Waals surface area contributed by atoms with Crippen molar-refractivity contribution in [3.8, 4) is 10.7 Å². The van der Waals surface area contributed by atoms with E-state index in [-0.39, 0.29) is 17.4 Å². The summed E-state index contributed by atoms with van der Waals surface area (Å²) in [5.74, 6) is 0.319. The van der Waals surface area contributed by atoms with Crippen molar-refractivity contribution >= 4 is 62.2 Å². The number of nitrogens with zero attached hydrogens (tertiary/aromatic N) is 3. The van der Waals surface area contributed by atoms with Crippen LogP contribution in [0.3, 0.4) is 0 Å². The minimum absolute atomic E-state index is 0.107. The van der Waals surface area contributed by atoms with Gasteiger partial charge in [-0.2, -0.15) is 0 Å². The number of fused-ring (bicyclic) bond motifs is 1. The molecule has 0 spiro atoms. The summed E-state index contributed by atoms with van der Waals surface area (Å²) in [5.41, 5.74) is 0.459. The number of hydrogen-bond donors (Lipinski definition) is 0. The maximum atomic E-state index is 13.0. The predicted molar refractivity (Wildman–Crippen MR) is 113 cm³/mol. The molecule has 0 amide bonds. The Morgan fingerprint density at radius 2 is 1.93 bits per heavy atom. The molecule has 9 heteroatoms. The van der Waals surface area contributed by atoms with Crippen LogP contribution in [0.4, 0.5) is 4.39 Å². The topological polar surface area (TPSA) is 47.8 Å². The van der Waals surface area contributed by atoms with Crippen molar-refractivity contribution in [2.24, 2.45) is 7.05 Å². The summed E-state index contributed by atoms with van der Waals surface area (Å²) in [7, 11) is 1.83. The van der Waals surface area contributed by atoms with Crippen LogP contribution < -0.4 is 0 Å². The van der Waals surface area contributed by atoms with E-state index in [0.717, 1.165) is 15.0 Å². The molecule has 0 unspecified atom stereocenters. The molecule has 4 aromatic rings. The molecule has 0 N–H and O–H groups in total. The first-order valence-corrected chi connectivity index (χ1v) is 10.7. The van der Waals surface area contributed by atoms with Gasteiger partial charge >= 0.3 is 0 Å². The van der Waals surface area contributed by atoms with Crippen LogP contribution in [0, 0.1) is 5.82 Å². The van der Waals surface area contributed by atoms with Crippen molar-refractivity contribution in [3.63, 3.8) is 0 Å². The lowest BCUT2D eigenvalue weighted by molar-refractivity contribution is 0.102. The van der Waals surface area contributed by atoms with E-state index in [4.69, 9.17) is 23.2 Å². The number of thiophene rings is 1. The average molecular weight is 452 g/mol. The predicted octanol–water partition coefficient (Wildman–Crippen LogP) is 6.12. The molecule has 0 aliphatic heterocycles. The fourth-order valence-electron chi connectivity index (χ4n) is 2.67. The zero-order valence-electron chi connectivity index (χ0n) is 14.4. The Labute approximate surface area is 178 Å². The van der Waals surface area contributed by atoms with E-state index in [1.807, 2.05) is 19.2 Å². The average Bonchev–Trinajstić information content (AvgIpc) is 3.19. The van der Waals surface area contributed by atoms with Gasteiger partial charge in [-0.05, 0) is 36.4 Å². The number of halogens is 3. The van der Waals surface area contributed by atoms with Crippen molar-refractivity contribution < 1.29 is 9.18 Å². The number of rotatable bonds is 5. The second-order valence-electron chi connectivity index (χ2n) is 5.97. The Hall–Kier alpha value is -1.93. The maximum Gasteiger partial charge on any atom is 0.191 e. The number of carbonyl (C=O) groups excluding carboxylic acids is 1. The van der Waals surface area contributed by atoms with Crippen LogP contribution in [0.2, 0.25) is 10.0 Å². The van der Waals surface area contributed by atoms with Crippen LogP contribution in [0.15, 0.2) is 47.6 Å². The molecular weight excluding hydrogens is 440 g/mol. The molecule has 4 nitrogen and oxygen atoms in total. The van der Waals surface area contributed by atoms with Crippen LogP contribution in [-0.2, 0) is 7.05 Å². The van der Waals surface area contributed by atoms with Gasteiger partial charge in [0, 0.05) is 27.7 Å². The van der Waals surface area contributed by atoms with Crippen molar-refractivity contribution in [2.75, 3.05) is 5.75 Å². The Bertz CT molecular complexity index is 1190. The molecule has 142 valence electrons. The molecule has 0 atom stereocenters. The maximum absolute atomic E-state index is 13.0. The quantitative estimate of drug-likeness (QED) is 0.271. The van der Waals surface area contributed by atoms with Gasteiger partial charge in [-0.15, -0.1) is 21.5 Å². The molecule has 2 aromatic carbocycles. The van der Waals surface area contributed by atoms with Gasteiger partial charge in [0.25, 0.3) is 0 Å². The zero-order chi connectivity index (χ0) is 19.8. The first-order valence-electron chi connectivity index (χ1n) is 8.13. The lowest BCUT2D eigenvalue weighted by atomic mass is 10.1. The number of aromatic nitrogens is 3. The van der Waals surface area contributed by atoms with Crippen LogP contribution in [-0.4, -0.2) is 26.3 Å². The van der Waals surface area contributed by atoms with Gasteiger partial charge in [0.05, 0.1) is 15.7 Å². The van der Waals surface area contributed by atoms with Gasteiger partial charge in [-0.1, -0.05) is 41.0 Å². The smallest absolute Gasteiger partial charge is 0.191 e. The number of thioether (sulfide) groups is 1. The summed E-state index contributed by atoms with van der Waals surface area (Å²) in [5, 5.41) is 11.2. The molecule has 28 heavy (non-hydrogen) atoms. The van der Waals surface area contributed by atoms with Gasteiger partial charge in [-0.3, -0.25) is 4.79 Å². The highest BCUT2D eigenvalue weighted by molar-refractivity contribution is 7.99. The highest BCUT2D eigenvalue weighted by Crippen LogP contribution is 2.42. The fourth-order valence-corrected chi connectivity index (χ4v) is 5.29. The molecule has 0 aliphatic carbocycles. The molecule has 2 aromatic heterocycles. The molecule has 4 rings (SSSR count). The van der Waals surface area contributed by atoms with E-state index in [1.54, 1.807) is 10.6 Å². The normalized spacial score (nSPS) is 11.3. The summed E-state index contributed by atoms with van der Waals surface area (Å²) in [4.78, 5) is 13.1. The van der Waals surface area contributed by atoms with Crippen molar-refractivity contribution in [1.29, 1.82) is 0 Å². The Balaban J connectivity index is 1.57. The van der Waals surface area contributed by atoms with E-state index >= 15 is 0 Å². The monoisotopic (exact) mass is 451 g/mol. The van der Waals surface area contributed by atoms with Gasteiger partial charge < -0.3 is 4.57 Å². The Kier molecular flexibility index (Phi) is 5.42. The third kappa shape index (κ3) is 3.67. The lowest BCUT2D eigenvalue weighted by Gasteiger charge is -2.03. The van der Waals surface area contributed by atoms with E-state index in [1.165, 1.54) is 47.4 Å². The Morgan fingerprint density at radius 1 is 1.18 bits per heavy atom. The van der Waals surface area contributed by atoms with Crippen LogP contribution in [0.5, 0.6) is 0 Å². The standard InChI is InChI=1S/C19H12Cl2FN3OS2/c1-25-18(17-16(21)13-7-4-11(20)8-15(13)28-17)23-24-19(25)27-9-14(26)10-2-5-12(22)6-3-10/h2-8H,9H2,1H3. The highest BCUT2D eigenvalue weighted by Gasteiger charge is 2.19. The number of carbonyl (C=O) groups is 1. The highest BCUT2D eigenvalue weighted by atomic mass is 35.5. The van der Waals surface area contributed by atoms with E-state index in [0.29, 0.717) is 26.6 Å². The van der Waals surface area contributed by atoms with Gasteiger partial charge in [0.2, 0.25) is 0 Å². The second kappa shape index (κ2) is 7.83. The molecule has 0 bridgehead atoms. The van der Waals surface area contributed by atoms with Crippen LogP contribution in [0.1, 0.15) is 10.4 Å². The molecule has 0 saturated carbocycles. The van der Waals surface area contributed by atoms with E-state index in [2.05, 4.69) is 10.2 Å². The third-order valence-electron chi connectivity index (χ3n) is 4.13. The minimum Gasteiger partial charge on any atom is -0.304 e. The first-order chi connectivity index (χ1) is 13.4. The second-order valence-corrected chi connectivity index (χ2v) is 8.78. The summed E-state index contributed by atoms with van der Waals surface area (Å²) in [6.45, 7) is 0. The van der Waals surface area contributed by atoms with Gasteiger partial charge in [0.15, 0.2) is 16.8 Å². The minimum atomic E-state index is -0.372. The van der Waals surface area contributed by atoms with E-state index in [9.17, 15) is 9.18 Å².